The minimum absolute atomic E-state index is 0.110. The van der Waals surface area contributed by atoms with E-state index in [9.17, 15) is 14.4 Å². The van der Waals surface area contributed by atoms with Crippen LogP contribution in [0.1, 0.15) is 19.8 Å². The van der Waals surface area contributed by atoms with E-state index in [4.69, 9.17) is 11.6 Å². The second-order valence-corrected chi connectivity index (χ2v) is 8.61. The van der Waals surface area contributed by atoms with Crippen molar-refractivity contribution in [3.8, 4) is 0 Å². The van der Waals surface area contributed by atoms with Gasteiger partial charge in [-0.2, -0.15) is 0 Å². The van der Waals surface area contributed by atoms with Crippen LogP contribution in [0.3, 0.4) is 0 Å². The van der Waals surface area contributed by atoms with E-state index in [2.05, 4.69) is 20.4 Å². The Morgan fingerprint density at radius 3 is 2.48 bits per heavy atom. The maximum absolute atomic E-state index is 12.7. The summed E-state index contributed by atoms with van der Waals surface area (Å²) < 4.78 is 0. The Labute approximate surface area is 175 Å². The third-order valence-electron chi connectivity index (χ3n) is 6.02. The number of imide groups is 1. The minimum atomic E-state index is -0.740. The average molecular weight is 420 g/mol. The first-order chi connectivity index (χ1) is 13.9. The standard InChI is InChI=1S/C20H26ClN5O3/c1-20(14-6-7-14)18(28)26(19(29)23-20)13-25-10-8-24(9-11-25)12-17(27)22-16-5-3-2-4-15(16)21/h2-5,14H,6-13H2,1H3,(H,22,27)(H,23,29). The molecule has 29 heavy (non-hydrogen) atoms. The van der Waals surface area contributed by atoms with Crippen molar-refractivity contribution in [2.75, 3.05) is 44.7 Å². The van der Waals surface area contributed by atoms with E-state index < -0.39 is 5.54 Å². The van der Waals surface area contributed by atoms with Gasteiger partial charge in [0.2, 0.25) is 5.91 Å². The van der Waals surface area contributed by atoms with Gasteiger partial charge in [-0.25, -0.2) is 9.69 Å². The van der Waals surface area contributed by atoms with Crippen molar-refractivity contribution in [2.45, 2.75) is 25.3 Å². The molecule has 4 amide bonds. The fourth-order valence-electron chi connectivity index (χ4n) is 4.03. The van der Waals surface area contributed by atoms with E-state index in [1.165, 1.54) is 4.90 Å². The predicted octanol–water partition coefficient (Wildman–Crippen LogP) is 1.57. The number of para-hydroxylation sites is 1. The third kappa shape index (κ3) is 4.24. The maximum Gasteiger partial charge on any atom is 0.326 e. The topological polar surface area (TPSA) is 85.0 Å². The highest BCUT2D eigenvalue weighted by Gasteiger charge is 2.56. The quantitative estimate of drug-likeness (QED) is 0.684. The maximum atomic E-state index is 12.7. The SMILES string of the molecule is CC1(C2CC2)NC(=O)N(CN2CCN(CC(=O)Nc3ccccc3Cl)CC2)C1=O. The highest BCUT2D eigenvalue weighted by molar-refractivity contribution is 6.33. The zero-order valence-corrected chi connectivity index (χ0v) is 17.2. The van der Waals surface area contributed by atoms with Crippen LogP contribution in [0.25, 0.3) is 0 Å². The summed E-state index contributed by atoms with van der Waals surface area (Å²) in [6.45, 7) is 5.18. The van der Waals surface area contributed by atoms with Crippen molar-refractivity contribution in [2.24, 2.45) is 5.92 Å². The van der Waals surface area contributed by atoms with Gasteiger partial charge in [0, 0.05) is 26.2 Å². The number of anilines is 1. The van der Waals surface area contributed by atoms with Crippen molar-refractivity contribution < 1.29 is 14.4 Å². The Bertz CT molecular complexity index is 822. The van der Waals surface area contributed by atoms with Gasteiger partial charge in [0.05, 0.1) is 23.9 Å². The number of nitrogens with zero attached hydrogens (tertiary/aromatic N) is 3. The highest BCUT2D eigenvalue weighted by Crippen LogP contribution is 2.42. The van der Waals surface area contributed by atoms with Gasteiger partial charge < -0.3 is 10.6 Å². The number of urea groups is 1. The largest absolute Gasteiger partial charge is 0.326 e. The highest BCUT2D eigenvalue weighted by atomic mass is 35.5. The lowest BCUT2D eigenvalue weighted by molar-refractivity contribution is -0.133. The first kappa shape index (κ1) is 20.1. The molecule has 156 valence electrons. The molecule has 0 radical (unpaired) electrons. The van der Waals surface area contributed by atoms with Crippen LogP contribution in [0, 0.1) is 5.92 Å². The molecule has 1 unspecified atom stereocenters. The number of piperazine rings is 1. The van der Waals surface area contributed by atoms with Gasteiger partial charge in [-0.05, 0) is 37.8 Å². The fraction of sp³-hybridized carbons (Fsp3) is 0.550. The van der Waals surface area contributed by atoms with Gasteiger partial charge in [0.15, 0.2) is 0 Å². The molecule has 2 heterocycles. The number of halogens is 1. The van der Waals surface area contributed by atoms with Crippen LogP contribution in [0.5, 0.6) is 0 Å². The molecule has 0 aromatic heterocycles. The summed E-state index contributed by atoms with van der Waals surface area (Å²) in [5, 5.41) is 6.22. The summed E-state index contributed by atoms with van der Waals surface area (Å²) in [6.07, 6.45) is 1.98. The van der Waals surface area contributed by atoms with Gasteiger partial charge in [0.25, 0.3) is 5.91 Å². The smallest absolute Gasteiger partial charge is 0.324 e. The summed E-state index contributed by atoms with van der Waals surface area (Å²) in [5.74, 6) is 0.0322. The van der Waals surface area contributed by atoms with E-state index in [1.54, 1.807) is 12.1 Å². The van der Waals surface area contributed by atoms with E-state index in [0.29, 0.717) is 43.6 Å². The van der Waals surface area contributed by atoms with Crippen LogP contribution in [0.15, 0.2) is 24.3 Å². The summed E-state index contributed by atoms with van der Waals surface area (Å²) >= 11 is 6.08. The molecule has 2 saturated heterocycles. The molecular weight excluding hydrogens is 394 g/mol. The molecule has 2 aliphatic heterocycles. The number of hydrogen-bond donors (Lipinski definition) is 2. The van der Waals surface area contributed by atoms with Crippen LogP contribution in [0.4, 0.5) is 10.5 Å². The Kier molecular flexibility index (Phi) is 5.50. The lowest BCUT2D eigenvalue weighted by Crippen LogP contribution is -2.53. The van der Waals surface area contributed by atoms with E-state index >= 15 is 0 Å². The molecule has 0 bridgehead atoms. The molecule has 1 saturated carbocycles. The number of amides is 4. The van der Waals surface area contributed by atoms with Crippen LogP contribution in [-0.2, 0) is 9.59 Å². The molecule has 1 aromatic rings. The number of carbonyl (C=O) groups excluding carboxylic acids is 3. The van der Waals surface area contributed by atoms with Gasteiger partial charge in [0.1, 0.15) is 5.54 Å². The molecule has 1 aromatic carbocycles. The van der Waals surface area contributed by atoms with Crippen LogP contribution < -0.4 is 10.6 Å². The van der Waals surface area contributed by atoms with E-state index in [1.807, 2.05) is 19.1 Å². The molecule has 3 fully saturated rings. The minimum Gasteiger partial charge on any atom is -0.324 e. The summed E-state index contributed by atoms with van der Waals surface area (Å²) in [7, 11) is 0. The summed E-state index contributed by atoms with van der Waals surface area (Å²) in [4.78, 5) is 42.8. The lowest BCUT2D eigenvalue weighted by atomic mass is 9.96. The van der Waals surface area contributed by atoms with Crippen LogP contribution >= 0.6 is 11.6 Å². The Morgan fingerprint density at radius 1 is 1.17 bits per heavy atom. The lowest BCUT2D eigenvalue weighted by Gasteiger charge is -2.35. The van der Waals surface area contributed by atoms with Crippen molar-refractivity contribution in [3.63, 3.8) is 0 Å². The van der Waals surface area contributed by atoms with Crippen molar-refractivity contribution in [1.82, 2.24) is 20.0 Å². The monoisotopic (exact) mass is 419 g/mol. The zero-order chi connectivity index (χ0) is 20.6. The van der Waals surface area contributed by atoms with E-state index in [0.717, 1.165) is 12.8 Å². The van der Waals surface area contributed by atoms with Crippen molar-refractivity contribution >= 4 is 35.1 Å². The molecule has 1 aliphatic carbocycles. The number of hydrogen-bond acceptors (Lipinski definition) is 5. The van der Waals surface area contributed by atoms with Gasteiger partial charge in [-0.15, -0.1) is 0 Å². The molecule has 4 rings (SSSR count). The average Bonchev–Trinajstić information content (AvgIpc) is 3.51. The van der Waals surface area contributed by atoms with Gasteiger partial charge >= 0.3 is 6.03 Å². The first-order valence-electron chi connectivity index (χ1n) is 10.00. The number of benzene rings is 1. The molecule has 8 nitrogen and oxygen atoms in total. The second kappa shape index (κ2) is 7.93. The molecule has 2 N–H and O–H groups in total. The Hall–Kier alpha value is -2.16. The number of rotatable bonds is 6. The molecule has 9 heteroatoms. The predicted molar refractivity (Wildman–Crippen MR) is 109 cm³/mol. The summed E-state index contributed by atoms with van der Waals surface area (Å²) in [5.41, 5.74) is -0.134. The number of nitrogens with one attached hydrogen (secondary N) is 2. The van der Waals surface area contributed by atoms with Crippen molar-refractivity contribution in [3.05, 3.63) is 29.3 Å². The van der Waals surface area contributed by atoms with E-state index in [-0.39, 0.29) is 30.3 Å². The van der Waals surface area contributed by atoms with Gasteiger partial charge in [-0.3, -0.25) is 19.4 Å². The van der Waals surface area contributed by atoms with Crippen molar-refractivity contribution in [1.29, 1.82) is 0 Å². The Morgan fingerprint density at radius 2 is 1.83 bits per heavy atom. The summed E-state index contributed by atoms with van der Waals surface area (Å²) in [6, 6.07) is 6.84. The second-order valence-electron chi connectivity index (χ2n) is 8.20. The molecule has 1 atom stereocenters. The zero-order valence-electron chi connectivity index (χ0n) is 16.5. The normalized spacial score (nSPS) is 25.9. The Balaban J connectivity index is 1.24. The fourth-order valence-corrected chi connectivity index (χ4v) is 4.21. The first-order valence-corrected chi connectivity index (χ1v) is 10.4. The molecule has 0 spiro atoms. The van der Waals surface area contributed by atoms with Gasteiger partial charge in [-0.1, -0.05) is 23.7 Å². The molecular formula is C20H26ClN5O3. The third-order valence-corrected chi connectivity index (χ3v) is 6.35. The molecule has 3 aliphatic rings. The van der Waals surface area contributed by atoms with Crippen LogP contribution in [0.2, 0.25) is 5.02 Å². The van der Waals surface area contributed by atoms with Crippen LogP contribution in [-0.4, -0.2) is 77.5 Å². The number of carbonyl (C=O) groups is 3.